The molecule has 0 aliphatic carbocycles. The van der Waals surface area contributed by atoms with Crippen molar-refractivity contribution in [1.29, 1.82) is 0 Å². The quantitative estimate of drug-likeness (QED) is 0.0672. The summed E-state index contributed by atoms with van der Waals surface area (Å²) in [5.74, 6) is -2.60. The molecule has 47 heavy (non-hydrogen) atoms. The van der Waals surface area contributed by atoms with Crippen LogP contribution in [0.1, 0.15) is 12.8 Å². The normalized spacial score (nSPS) is 43.1. The van der Waals surface area contributed by atoms with Gasteiger partial charge in [-0.25, -0.2) is 4.79 Å². The maximum atomic E-state index is 12.1. The van der Waals surface area contributed by atoms with Gasteiger partial charge in [0.05, 0.1) is 19.8 Å². The number of imide groups is 1. The SMILES string of the molecule is CN(OCC(=O)ON1C(=O)CCC1=O)[C@@H]1O[C@H](CO)[C@@H](O[C@@H]2O[C@H](CO)[C@H](O)[C@H](O[C@H]3O[C@H](CO)[C@H](O)[C@H](O)[C@H]3O)[C@H]2O)[C@H](O)[C@H]1O. The van der Waals surface area contributed by atoms with Crippen LogP contribution in [0.5, 0.6) is 0 Å². The van der Waals surface area contributed by atoms with E-state index in [0.717, 1.165) is 5.06 Å². The zero-order chi connectivity index (χ0) is 34.7. The molecular weight excluding hydrogens is 648 g/mol. The minimum Gasteiger partial charge on any atom is -0.394 e. The number of carbonyl (C=O) groups is 3. The summed E-state index contributed by atoms with van der Waals surface area (Å²) in [6.07, 6.45) is -26.5. The van der Waals surface area contributed by atoms with Crippen LogP contribution < -0.4 is 0 Å². The van der Waals surface area contributed by atoms with E-state index < -0.39 is 136 Å². The van der Waals surface area contributed by atoms with E-state index in [0.29, 0.717) is 5.06 Å². The van der Waals surface area contributed by atoms with E-state index in [1.807, 2.05) is 0 Å². The molecular formula is C25H40N2O20. The first-order valence-corrected chi connectivity index (χ1v) is 14.5. The number of hydrogen-bond donors (Lipinski definition) is 10. The van der Waals surface area contributed by atoms with E-state index in [2.05, 4.69) is 4.84 Å². The topological polar surface area (TPSA) is 325 Å². The van der Waals surface area contributed by atoms with Gasteiger partial charge in [-0.05, 0) is 0 Å². The Balaban J connectivity index is 1.40. The van der Waals surface area contributed by atoms with Gasteiger partial charge in [0.2, 0.25) is 0 Å². The third kappa shape index (κ3) is 8.05. The molecule has 4 fully saturated rings. The van der Waals surface area contributed by atoms with Gasteiger partial charge >= 0.3 is 5.97 Å². The summed E-state index contributed by atoms with van der Waals surface area (Å²) in [7, 11) is 1.18. The van der Waals surface area contributed by atoms with Gasteiger partial charge in [-0.3, -0.25) is 14.4 Å². The first-order valence-electron chi connectivity index (χ1n) is 14.5. The summed E-state index contributed by atoms with van der Waals surface area (Å²) in [4.78, 5) is 45.2. The van der Waals surface area contributed by atoms with Crippen LogP contribution in [0, 0.1) is 0 Å². The lowest BCUT2D eigenvalue weighted by Gasteiger charge is -2.48. The molecule has 4 saturated heterocycles. The lowest BCUT2D eigenvalue weighted by atomic mass is 9.95. The van der Waals surface area contributed by atoms with Crippen molar-refractivity contribution in [1.82, 2.24) is 10.1 Å². The highest BCUT2D eigenvalue weighted by Gasteiger charge is 2.54. The third-order valence-corrected chi connectivity index (χ3v) is 8.04. The van der Waals surface area contributed by atoms with Gasteiger partial charge in [-0.2, -0.15) is 5.06 Å². The Morgan fingerprint density at radius 2 is 1.23 bits per heavy atom. The molecule has 0 saturated carbocycles. The third-order valence-electron chi connectivity index (χ3n) is 8.04. The molecule has 4 rings (SSSR count). The molecule has 22 heteroatoms. The highest BCUT2D eigenvalue weighted by Crippen LogP contribution is 2.33. The average molecular weight is 689 g/mol. The Kier molecular flexibility index (Phi) is 12.9. The number of likely N-dealkylation sites (N-methyl/N-ethyl adjacent to an activating group) is 1. The number of amides is 2. The fraction of sp³-hybridized carbons (Fsp3) is 0.880. The van der Waals surface area contributed by atoms with Gasteiger partial charge in [0, 0.05) is 19.9 Å². The van der Waals surface area contributed by atoms with Gasteiger partial charge in [0.15, 0.2) is 25.4 Å². The number of aliphatic hydroxyl groups excluding tert-OH is 10. The van der Waals surface area contributed by atoms with Crippen LogP contribution in [0.3, 0.4) is 0 Å². The number of carbonyl (C=O) groups excluding carboxylic acids is 3. The lowest BCUT2D eigenvalue weighted by molar-refractivity contribution is -0.383. The van der Waals surface area contributed by atoms with Crippen molar-refractivity contribution in [2.24, 2.45) is 0 Å². The second-order valence-corrected chi connectivity index (χ2v) is 11.2. The van der Waals surface area contributed by atoms with Crippen LogP contribution >= 0.6 is 0 Å². The molecule has 4 aliphatic heterocycles. The van der Waals surface area contributed by atoms with Crippen LogP contribution in [0.4, 0.5) is 0 Å². The molecule has 2 amide bonds. The Bertz CT molecular complexity index is 1070. The molecule has 15 atom stereocenters. The highest BCUT2D eigenvalue weighted by atomic mass is 16.8. The Hall–Kier alpha value is -2.07. The molecule has 0 spiro atoms. The maximum absolute atomic E-state index is 12.1. The summed E-state index contributed by atoms with van der Waals surface area (Å²) in [6, 6.07) is 0. The molecule has 0 radical (unpaired) electrons. The van der Waals surface area contributed by atoms with Crippen molar-refractivity contribution in [2.75, 3.05) is 33.5 Å². The van der Waals surface area contributed by atoms with Crippen LogP contribution in [-0.2, 0) is 47.7 Å². The number of rotatable bonds is 12. The van der Waals surface area contributed by atoms with Gasteiger partial charge in [0.25, 0.3) is 11.8 Å². The summed E-state index contributed by atoms with van der Waals surface area (Å²) >= 11 is 0. The monoisotopic (exact) mass is 688 g/mol. The second-order valence-electron chi connectivity index (χ2n) is 11.2. The van der Waals surface area contributed by atoms with E-state index >= 15 is 0 Å². The Morgan fingerprint density at radius 3 is 1.81 bits per heavy atom. The van der Waals surface area contributed by atoms with Gasteiger partial charge < -0.3 is 79.6 Å². The number of hydrogen-bond acceptors (Lipinski definition) is 21. The van der Waals surface area contributed by atoms with E-state index in [1.165, 1.54) is 7.05 Å². The van der Waals surface area contributed by atoms with E-state index in [1.54, 1.807) is 0 Å². The zero-order valence-corrected chi connectivity index (χ0v) is 24.9. The predicted octanol–water partition coefficient (Wildman–Crippen LogP) is -8.09. The van der Waals surface area contributed by atoms with Gasteiger partial charge in [0.1, 0.15) is 73.2 Å². The summed E-state index contributed by atoms with van der Waals surface area (Å²) < 4.78 is 27.4. The lowest BCUT2D eigenvalue weighted by Crippen LogP contribution is -2.67. The van der Waals surface area contributed by atoms with Gasteiger partial charge in [-0.15, -0.1) is 5.06 Å². The van der Waals surface area contributed by atoms with E-state index in [-0.39, 0.29) is 12.8 Å². The van der Waals surface area contributed by atoms with Crippen molar-refractivity contribution in [3.63, 3.8) is 0 Å². The average Bonchev–Trinajstić information content (AvgIpc) is 3.37. The molecule has 0 aromatic heterocycles. The van der Waals surface area contributed by atoms with Crippen molar-refractivity contribution in [2.45, 2.75) is 105 Å². The molecule has 4 heterocycles. The largest absolute Gasteiger partial charge is 0.394 e. The standard InChI is InChI=1S/C25H40N2O20/c1-26(41-7-13(33)47-27-11(31)2-3-12(27)32)23-18(38)17(37)21(10(6-30)42-23)45-25-20(40)22(15(35)9(5-29)44-25)46-24-19(39)16(36)14(34)8(4-28)43-24/h8-10,14-25,28-30,34-40H,2-7H2,1H3/t8-,9-,10-,14+,15+,16+,17-,18-,19-,20-,21-,22+,23-,24-,25+/m1/s1. The molecule has 0 aromatic rings. The number of ether oxygens (including phenoxy) is 5. The molecule has 4 aliphatic rings. The van der Waals surface area contributed by atoms with Crippen LogP contribution in [0.15, 0.2) is 0 Å². The van der Waals surface area contributed by atoms with Crippen molar-refractivity contribution >= 4 is 17.8 Å². The summed E-state index contributed by atoms with van der Waals surface area (Å²) in [5, 5.41) is 104. The molecule has 0 bridgehead atoms. The molecule has 0 unspecified atom stereocenters. The molecule has 22 nitrogen and oxygen atoms in total. The number of aliphatic hydroxyl groups is 10. The first kappa shape index (κ1) is 37.7. The van der Waals surface area contributed by atoms with Crippen LogP contribution in [0.2, 0.25) is 0 Å². The minimum absolute atomic E-state index is 0.130. The molecule has 10 N–H and O–H groups in total. The maximum Gasteiger partial charge on any atom is 0.360 e. The minimum atomic E-state index is -1.99. The van der Waals surface area contributed by atoms with Crippen molar-refractivity contribution in [3.8, 4) is 0 Å². The smallest absolute Gasteiger partial charge is 0.360 e. The fourth-order valence-electron chi connectivity index (χ4n) is 5.37. The van der Waals surface area contributed by atoms with E-state index in [4.69, 9.17) is 28.5 Å². The van der Waals surface area contributed by atoms with E-state index in [9.17, 15) is 65.4 Å². The number of nitrogens with zero attached hydrogens (tertiary/aromatic N) is 2. The fourth-order valence-corrected chi connectivity index (χ4v) is 5.37. The number of hydroxylamine groups is 4. The van der Waals surface area contributed by atoms with Crippen molar-refractivity contribution in [3.05, 3.63) is 0 Å². The highest BCUT2D eigenvalue weighted by molar-refractivity contribution is 6.01. The second kappa shape index (κ2) is 16.1. The Morgan fingerprint density at radius 1 is 0.702 bits per heavy atom. The summed E-state index contributed by atoms with van der Waals surface area (Å²) in [6.45, 7) is -3.40. The van der Waals surface area contributed by atoms with Gasteiger partial charge in [-0.1, -0.05) is 0 Å². The first-order chi connectivity index (χ1) is 22.2. The molecule has 0 aromatic carbocycles. The Labute approximate surface area is 265 Å². The molecule has 270 valence electrons. The zero-order valence-electron chi connectivity index (χ0n) is 24.9. The summed E-state index contributed by atoms with van der Waals surface area (Å²) in [5.41, 5.74) is 0. The van der Waals surface area contributed by atoms with Crippen LogP contribution in [0.25, 0.3) is 0 Å². The predicted molar refractivity (Wildman–Crippen MR) is 140 cm³/mol. The van der Waals surface area contributed by atoms with Crippen molar-refractivity contribution < 1.29 is 98.8 Å². The van der Waals surface area contributed by atoms with Crippen LogP contribution in [-0.4, -0.2) is 205 Å².